The lowest BCUT2D eigenvalue weighted by Crippen LogP contribution is -2.31. The molecule has 0 aliphatic carbocycles. The standard InChI is InChI=1S/C15H24ClN3/c1-15(2,14(17)18)9-6-10-19(3)11-12-7-4-5-8-13(12)16/h4-5,7-8H,6,9-11H2,1-3H3,(H3,17,18). The van der Waals surface area contributed by atoms with E-state index in [9.17, 15) is 0 Å². The van der Waals surface area contributed by atoms with Gasteiger partial charge in [0.25, 0.3) is 0 Å². The van der Waals surface area contributed by atoms with E-state index >= 15 is 0 Å². The molecule has 0 unspecified atom stereocenters. The van der Waals surface area contributed by atoms with Crippen LogP contribution in [-0.4, -0.2) is 24.3 Å². The fraction of sp³-hybridized carbons (Fsp3) is 0.533. The van der Waals surface area contributed by atoms with Crippen molar-refractivity contribution in [3.8, 4) is 0 Å². The number of nitrogens with zero attached hydrogens (tertiary/aromatic N) is 1. The van der Waals surface area contributed by atoms with Crippen LogP contribution >= 0.6 is 11.6 Å². The van der Waals surface area contributed by atoms with Crippen molar-refractivity contribution in [1.29, 1.82) is 5.41 Å². The number of rotatable bonds is 7. The summed E-state index contributed by atoms with van der Waals surface area (Å²) in [6.07, 6.45) is 1.95. The van der Waals surface area contributed by atoms with Gasteiger partial charge in [0.15, 0.2) is 0 Å². The minimum Gasteiger partial charge on any atom is -0.387 e. The molecule has 0 saturated carbocycles. The summed E-state index contributed by atoms with van der Waals surface area (Å²) in [6, 6.07) is 7.93. The summed E-state index contributed by atoms with van der Waals surface area (Å²) < 4.78 is 0. The molecule has 4 heteroatoms. The Hall–Kier alpha value is -1.06. The maximum absolute atomic E-state index is 7.54. The monoisotopic (exact) mass is 281 g/mol. The number of hydrogen-bond acceptors (Lipinski definition) is 2. The fourth-order valence-electron chi connectivity index (χ4n) is 1.92. The number of hydrogen-bond donors (Lipinski definition) is 2. The summed E-state index contributed by atoms with van der Waals surface area (Å²) in [4.78, 5) is 2.25. The van der Waals surface area contributed by atoms with Crippen LogP contribution in [0.1, 0.15) is 32.3 Å². The third kappa shape index (κ3) is 5.21. The first-order valence-electron chi connectivity index (χ1n) is 6.59. The fourth-order valence-corrected chi connectivity index (χ4v) is 2.12. The molecule has 0 aliphatic heterocycles. The van der Waals surface area contributed by atoms with Crippen molar-refractivity contribution in [2.45, 2.75) is 33.2 Å². The van der Waals surface area contributed by atoms with Crippen molar-refractivity contribution < 1.29 is 0 Å². The van der Waals surface area contributed by atoms with E-state index in [0.717, 1.165) is 36.5 Å². The first kappa shape index (κ1) is 16.0. The molecule has 0 fully saturated rings. The van der Waals surface area contributed by atoms with Gasteiger partial charge in [-0.2, -0.15) is 0 Å². The minimum absolute atomic E-state index is 0.203. The molecule has 106 valence electrons. The zero-order valence-electron chi connectivity index (χ0n) is 12.0. The summed E-state index contributed by atoms with van der Waals surface area (Å²) in [5.41, 5.74) is 6.53. The van der Waals surface area contributed by atoms with Gasteiger partial charge in [-0.3, -0.25) is 5.41 Å². The highest BCUT2D eigenvalue weighted by molar-refractivity contribution is 6.31. The van der Waals surface area contributed by atoms with Gasteiger partial charge in [-0.15, -0.1) is 0 Å². The van der Waals surface area contributed by atoms with Gasteiger partial charge in [-0.25, -0.2) is 0 Å². The molecule has 1 aromatic rings. The van der Waals surface area contributed by atoms with Gasteiger partial charge in [0.1, 0.15) is 0 Å². The van der Waals surface area contributed by atoms with E-state index in [4.69, 9.17) is 22.7 Å². The van der Waals surface area contributed by atoms with Gasteiger partial charge >= 0.3 is 0 Å². The van der Waals surface area contributed by atoms with Gasteiger partial charge in [-0.05, 0) is 38.1 Å². The topological polar surface area (TPSA) is 53.1 Å². The molecule has 3 N–H and O–H groups in total. The summed E-state index contributed by atoms with van der Waals surface area (Å²) in [7, 11) is 2.09. The van der Waals surface area contributed by atoms with Gasteiger partial charge in [0.05, 0.1) is 5.84 Å². The normalized spacial score (nSPS) is 11.8. The predicted molar refractivity (Wildman–Crippen MR) is 82.7 cm³/mol. The highest BCUT2D eigenvalue weighted by atomic mass is 35.5. The van der Waals surface area contributed by atoms with Crippen LogP contribution in [0.25, 0.3) is 0 Å². The molecular weight excluding hydrogens is 258 g/mol. The molecule has 0 bridgehead atoms. The number of halogens is 1. The van der Waals surface area contributed by atoms with Crippen molar-refractivity contribution in [2.75, 3.05) is 13.6 Å². The van der Waals surface area contributed by atoms with E-state index in [2.05, 4.69) is 18.0 Å². The highest BCUT2D eigenvalue weighted by Gasteiger charge is 2.20. The van der Waals surface area contributed by atoms with Crippen LogP contribution in [0, 0.1) is 10.8 Å². The van der Waals surface area contributed by atoms with Crippen LogP contribution in [-0.2, 0) is 6.54 Å². The highest BCUT2D eigenvalue weighted by Crippen LogP contribution is 2.22. The Labute approximate surface area is 121 Å². The smallest absolute Gasteiger partial charge is 0.0963 e. The van der Waals surface area contributed by atoms with Crippen molar-refractivity contribution in [3.63, 3.8) is 0 Å². The molecule has 0 aliphatic rings. The van der Waals surface area contributed by atoms with Crippen LogP contribution in [0.3, 0.4) is 0 Å². The molecule has 0 atom stereocenters. The molecule has 0 aromatic heterocycles. The van der Waals surface area contributed by atoms with Gasteiger partial charge < -0.3 is 10.6 Å². The summed E-state index contributed by atoms with van der Waals surface area (Å²) in [5.74, 6) is 0.265. The molecule has 3 nitrogen and oxygen atoms in total. The Kier molecular flexibility index (Phi) is 5.83. The largest absolute Gasteiger partial charge is 0.387 e. The second-order valence-electron chi connectivity index (χ2n) is 5.73. The lowest BCUT2D eigenvalue weighted by molar-refractivity contribution is 0.300. The van der Waals surface area contributed by atoms with Gasteiger partial charge in [-0.1, -0.05) is 43.6 Å². The number of nitrogens with two attached hydrogens (primary N) is 1. The summed E-state index contributed by atoms with van der Waals surface area (Å²) >= 11 is 6.15. The molecule has 0 saturated heterocycles. The summed E-state index contributed by atoms with van der Waals surface area (Å²) in [6.45, 7) is 5.86. The quantitative estimate of drug-likeness (QED) is 0.593. The zero-order valence-corrected chi connectivity index (χ0v) is 12.8. The average Bonchev–Trinajstić information content (AvgIpc) is 2.31. The third-order valence-corrected chi connectivity index (χ3v) is 3.84. The second-order valence-corrected chi connectivity index (χ2v) is 6.14. The third-order valence-electron chi connectivity index (χ3n) is 3.47. The SMILES string of the molecule is CN(CCCC(C)(C)C(=N)N)Cc1ccccc1Cl. The first-order chi connectivity index (χ1) is 8.83. The zero-order chi connectivity index (χ0) is 14.5. The van der Waals surface area contributed by atoms with E-state index in [0.29, 0.717) is 0 Å². The Morgan fingerprint density at radius 2 is 2.00 bits per heavy atom. The average molecular weight is 282 g/mol. The lowest BCUT2D eigenvalue weighted by Gasteiger charge is -2.24. The molecule has 1 aromatic carbocycles. The molecular formula is C15H24ClN3. The van der Waals surface area contributed by atoms with Crippen molar-refractivity contribution in [2.24, 2.45) is 11.1 Å². The minimum atomic E-state index is -0.203. The van der Waals surface area contributed by atoms with Crippen molar-refractivity contribution in [1.82, 2.24) is 4.90 Å². The first-order valence-corrected chi connectivity index (χ1v) is 6.97. The van der Waals surface area contributed by atoms with E-state index < -0.39 is 0 Å². The van der Waals surface area contributed by atoms with E-state index in [1.54, 1.807) is 0 Å². The molecule has 0 heterocycles. The Morgan fingerprint density at radius 1 is 1.37 bits per heavy atom. The second kappa shape index (κ2) is 6.92. The van der Waals surface area contributed by atoms with Gasteiger partial charge in [0.2, 0.25) is 0 Å². The van der Waals surface area contributed by atoms with Crippen molar-refractivity contribution in [3.05, 3.63) is 34.9 Å². The maximum Gasteiger partial charge on any atom is 0.0963 e. The van der Waals surface area contributed by atoms with Crippen LogP contribution in [0.15, 0.2) is 24.3 Å². The summed E-state index contributed by atoms with van der Waals surface area (Å²) in [5, 5.41) is 8.36. The molecule has 1 rings (SSSR count). The number of amidine groups is 1. The Morgan fingerprint density at radius 3 is 2.58 bits per heavy atom. The van der Waals surface area contributed by atoms with Crippen LogP contribution in [0.2, 0.25) is 5.02 Å². The molecule has 0 amide bonds. The van der Waals surface area contributed by atoms with Crippen LogP contribution in [0.4, 0.5) is 0 Å². The number of benzene rings is 1. The van der Waals surface area contributed by atoms with E-state index in [1.807, 2.05) is 32.0 Å². The lowest BCUT2D eigenvalue weighted by atomic mass is 9.86. The Bertz CT molecular complexity index is 429. The molecule has 19 heavy (non-hydrogen) atoms. The maximum atomic E-state index is 7.54. The van der Waals surface area contributed by atoms with Crippen molar-refractivity contribution >= 4 is 17.4 Å². The van der Waals surface area contributed by atoms with E-state index in [-0.39, 0.29) is 11.3 Å². The molecule has 0 spiro atoms. The van der Waals surface area contributed by atoms with E-state index in [1.165, 1.54) is 0 Å². The van der Waals surface area contributed by atoms with Crippen LogP contribution < -0.4 is 5.73 Å². The number of nitrogens with one attached hydrogen (secondary N) is 1. The predicted octanol–water partition coefficient (Wildman–Crippen LogP) is 3.51. The Balaban J connectivity index is 2.39. The molecule has 0 radical (unpaired) electrons. The van der Waals surface area contributed by atoms with Gasteiger partial charge in [0, 0.05) is 17.0 Å². The van der Waals surface area contributed by atoms with Crippen LogP contribution in [0.5, 0.6) is 0 Å².